The number of hydrogen-bond acceptors (Lipinski definition) is 6. The number of thioether (sulfide) groups is 2. The lowest BCUT2D eigenvalue weighted by atomic mass is 10.3. The normalized spacial score (nSPS) is 18.6. The van der Waals surface area contributed by atoms with Crippen molar-refractivity contribution in [2.75, 3.05) is 42.3 Å². The van der Waals surface area contributed by atoms with Gasteiger partial charge in [-0.05, 0) is 6.26 Å². The van der Waals surface area contributed by atoms with Gasteiger partial charge in [-0.1, -0.05) is 13.0 Å². The second kappa shape index (κ2) is 7.47. The lowest BCUT2D eigenvalue weighted by Gasteiger charge is -2.31. The van der Waals surface area contributed by atoms with Crippen LogP contribution in [-0.2, 0) is 0 Å². The van der Waals surface area contributed by atoms with E-state index in [9.17, 15) is 4.79 Å². The van der Waals surface area contributed by atoms with Crippen LogP contribution in [0, 0.1) is 0 Å². The molecule has 116 valence electrons. The second-order valence-electron chi connectivity index (χ2n) is 4.81. The molecule has 1 amide bonds. The molecule has 1 aliphatic rings. The minimum atomic E-state index is -0.113. The molecule has 1 aliphatic heterocycles. The van der Waals surface area contributed by atoms with E-state index in [2.05, 4.69) is 23.7 Å². The Bertz CT molecular complexity index is 530. The number of nitrogens with one attached hydrogen (secondary N) is 1. The molecule has 1 unspecified atom stereocenters. The second-order valence-corrected chi connectivity index (χ2v) is 8.17. The lowest BCUT2D eigenvalue weighted by Crippen LogP contribution is -2.36. The fourth-order valence-corrected chi connectivity index (χ4v) is 5.39. The molecule has 0 aromatic carbocycles. The van der Waals surface area contributed by atoms with E-state index in [1.165, 1.54) is 11.3 Å². The van der Waals surface area contributed by atoms with Gasteiger partial charge in [-0.3, -0.25) is 4.79 Å². The van der Waals surface area contributed by atoms with Gasteiger partial charge < -0.3 is 16.0 Å². The summed E-state index contributed by atoms with van der Waals surface area (Å²) in [6, 6.07) is 0. The van der Waals surface area contributed by atoms with Crippen molar-refractivity contribution < 1.29 is 4.79 Å². The van der Waals surface area contributed by atoms with Gasteiger partial charge in [0.2, 0.25) is 0 Å². The minimum absolute atomic E-state index is 0.113. The molecule has 1 aromatic rings. The Hall–Kier alpha value is -0.790. The van der Waals surface area contributed by atoms with Gasteiger partial charge in [0.15, 0.2) is 0 Å². The summed E-state index contributed by atoms with van der Waals surface area (Å²) in [5.74, 6) is 1.00. The van der Waals surface area contributed by atoms with Gasteiger partial charge in [-0.15, -0.1) is 29.7 Å². The fourth-order valence-electron chi connectivity index (χ4n) is 2.24. The molecule has 0 saturated carbocycles. The zero-order chi connectivity index (χ0) is 15.4. The molecule has 0 radical (unpaired) electrons. The molecule has 1 saturated heterocycles. The first-order valence-corrected chi connectivity index (χ1v) is 9.89. The molecule has 7 heteroatoms. The van der Waals surface area contributed by atoms with Crippen molar-refractivity contribution in [3.05, 3.63) is 17.5 Å². The molecule has 1 aromatic heterocycles. The Balaban J connectivity index is 2.29. The monoisotopic (exact) mass is 343 g/mol. The zero-order valence-corrected chi connectivity index (χ0v) is 14.8. The number of carbonyl (C=O) groups is 1. The Kier molecular flexibility index (Phi) is 5.89. The first-order valence-electron chi connectivity index (χ1n) is 6.80. The summed E-state index contributed by atoms with van der Waals surface area (Å²) < 4.78 is 0. The topological polar surface area (TPSA) is 58.4 Å². The van der Waals surface area contributed by atoms with Gasteiger partial charge in [0.25, 0.3) is 5.91 Å². The third-order valence-corrected chi connectivity index (χ3v) is 6.58. The first-order chi connectivity index (χ1) is 10.1. The van der Waals surface area contributed by atoms with Gasteiger partial charge in [0.05, 0.1) is 10.6 Å². The van der Waals surface area contributed by atoms with Gasteiger partial charge in [0.1, 0.15) is 9.88 Å². The van der Waals surface area contributed by atoms with Crippen LogP contribution in [0.5, 0.6) is 0 Å². The van der Waals surface area contributed by atoms with Crippen molar-refractivity contribution in [1.82, 2.24) is 5.32 Å². The highest BCUT2D eigenvalue weighted by Crippen LogP contribution is 2.44. The highest BCUT2D eigenvalue weighted by atomic mass is 32.2. The number of nitrogens with two attached hydrogens (primary N) is 1. The van der Waals surface area contributed by atoms with E-state index in [-0.39, 0.29) is 5.91 Å². The van der Waals surface area contributed by atoms with Crippen molar-refractivity contribution in [2.24, 2.45) is 0 Å². The Labute approximate surface area is 138 Å². The van der Waals surface area contributed by atoms with Gasteiger partial charge >= 0.3 is 0 Å². The maximum absolute atomic E-state index is 12.2. The number of anilines is 2. The van der Waals surface area contributed by atoms with E-state index in [1.807, 2.05) is 18.0 Å². The number of thiophene rings is 1. The smallest absolute Gasteiger partial charge is 0.263 e. The van der Waals surface area contributed by atoms with Crippen molar-refractivity contribution in [3.63, 3.8) is 0 Å². The fraction of sp³-hybridized carbons (Fsp3) is 0.500. The van der Waals surface area contributed by atoms with E-state index in [4.69, 9.17) is 5.73 Å². The summed E-state index contributed by atoms with van der Waals surface area (Å²) in [7, 11) is 0. The van der Waals surface area contributed by atoms with E-state index in [0.717, 1.165) is 28.7 Å². The van der Waals surface area contributed by atoms with Crippen molar-refractivity contribution in [2.45, 2.75) is 17.1 Å². The molecule has 2 rings (SSSR count). The third-order valence-electron chi connectivity index (χ3n) is 3.23. The molecule has 3 N–H and O–H groups in total. The number of nitrogen functional groups attached to an aromatic ring is 1. The lowest BCUT2D eigenvalue weighted by molar-refractivity contribution is 0.0963. The molecular formula is C14H21N3OS3. The van der Waals surface area contributed by atoms with E-state index in [1.54, 1.807) is 17.8 Å². The van der Waals surface area contributed by atoms with Crippen LogP contribution in [-0.4, -0.2) is 42.8 Å². The van der Waals surface area contributed by atoms with Crippen LogP contribution in [0.3, 0.4) is 0 Å². The average molecular weight is 344 g/mol. The average Bonchev–Trinajstić information content (AvgIpc) is 2.81. The standard InChI is InChI=1S/C14H21N3OS3/c1-4-5-16-13(18)11-10(15)12(19-3)14(21-11)17-6-7-20-9(2)8-17/h4,9H,1,5-8,15H2,2-3H3,(H,16,18). The molecule has 0 spiro atoms. The molecule has 1 atom stereocenters. The zero-order valence-electron chi connectivity index (χ0n) is 12.3. The van der Waals surface area contributed by atoms with Crippen molar-refractivity contribution in [3.8, 4) is 0 Å². The van der Waals surface area contributed by atoms with Crippen molar-refractivity contribution in [1.29, 1.82) is 0 Å². The van der Waals surface area contributed by atoms with Gasteiger partial charge in [0, 0.05) is 30.6 Å². The van der Waals surface area contributed by atoms with Crippen LogP contribution in [0.25, 0.3) is 0 Å². The quantitative estimate of drug-likeness (QED) is 0.636. The number of amides is 1. The van der Waals surface area contributed by atoms with E-state index in [0.29, 0.717) is 22.4 Å². The summed E-state index contributed by atoms with van der Waals surface area (Å²) in [5, 5.41) is 4.55. The van der Waals surface area contributed by atoms with Crippen LogP contribution in [0.2, 0.25) is 0 Å². The number of carbonyl (C=O) groups excluding carboxylic acids is 1. The molecule has 1 fully saturated rings. The molecule has 0 aliphatic carbocycles. The Morgan fingerprint density at radius 2 is 2.43 bits per heavy atom. The summed E-state index contributed by atoms with van der Waals surface area (Å²) in [4.78, 5) is 16.2. The number of hydrogen-bond donors (Lipinski definition) is 2. The predicted octanol–water partition coefficient (Wildman–Crippen LogP) is 2.91. The molecule has 2 heterocycles. The van der Waals surface area contributed by atoms with Gasteiger partial charge in [-0.2, -0.15) is 11.8 Å². The van der Waals surface area contributed by atoms with Gasteiger partial charge in [-0.25, -0.2) is 0 Å². The maximum Gasteiger partial charge on any atom is 0.263 e. The van der Waals surface area contributed by atoms with Crippen molar-refractivity contribution >= 4 is 51.5 Å². The van der Waals surface area contributed by atoms with E-state index >= 15 is 0 Å². The molecule has 0 bridgehead atoms. The number of nitrogens with zero attached hydrogens (tertiary/aromatic N) is 1. The summed E-state index contributed by atoms with van der Waals surface area (Å²) in [6.07, 6.45) is 3.68. The summed E-state index contributed by atoms with van der Waals surface area (Å²) in [5.41, 5.74) is 6.81. The summed E-state index contributed by atoms with van der Waals surface area (Å²) >= 11 is 5.11. The molecular weight excluding hydrogens is 322 g/mol. The number of rotatable bonds is 5. The largest absolute Gasteiger partial charge is 0.396 e. The highest BCUT2D eigenvalue weighted by molar-refractivity contribution is 8.00. The summed E-state index contributed by atoms with van der Waals surface area (Å²) in [6.45, 7) is 8.32. The predicted molar refractivity (Wildman–Crippen MR) is 97.2 cm³/mol. The minimum Gasteiger partial charge on any atom is -0.396 e. The van der Waals surface area contributed by atoms with Crippen LogP contribution in [0.4, 0.5) is 10.7 Å². The van der Waals surface area contributed by atoms with Crippen LogP contribution in [0.15, 0.2) is 17.6 Å². The Morgan fingerprint density at radius 3 is 3.05 bits per heavy atom. The van der Waals surface area contributed by atoms with E-state index < -0.39 is 0 Å². The first kappa shape index (κ1) is 16.6. The highest BCUT2D eigenvalue weighted by Gasteiger charge is 2.26. The van der Waals surface area contributed by atoms with Crippen LogP contribution >= 0.6 is 34.9 Å². The third kappa shape index (κ3) is 3.70. The maximum atomic E-state index is 12.2. The SMILES string of the molecule is C=CCNC(=O)c1sc(N2CCSC(C)C2)c(SC)c1N. The molecule has 21 heavy (non-hydrogen) atoms. The Morgan fingerprint density at radius 1 is 1.67 bits per heavy atom. The van der Waals surface area contributed by atoms with Crippen LogP contribution in [0.1, 0.15) is 16.6 Å². The molecule has 4 nitrogen and oxygen atoms in total. The van der Waals surface area contributed by atoms with Crippen LogP contribution < -0.4 is 16.0 Å².